The van der Waals surface area contributed by atoms with Crippen LogP contribution in [0.5, 0.6) is 0 Å². The molecule has 3 heterocycles. The number of hydrogen-bond acceptors (Lipinski definition) is 7. The molecule has 19 heavy (non-hydrogen) atoms. The molecule has 0 radical (unpaired) electrons. The molecule has 0 bridgehead atoms. The fourth-order valence-electron chi connectivity index (χ4n) is 1.79. The third-order valence-corrected chi connectivity index (χ3v) is 2.67. The molecule has 0 unspecified atom stereocenters. The number of nitrogens with two attached hydrogens (primary N) is 1. The van der Waals surface area contributed by atoms with Gasteiger partial charge in [-0.2, -0.15) is 9.94 Å². The van der Waals surface area contributed by atoms with Crippen LogP contribution in [-0.4, -0.2) is 36.8 Å². The Morgan fingerprint density at radius 2 is 2.26 bits per heavy atom. The van der Waals surface area contributed by atoms with E-state index >= 15 is 0 Å². The molecule has 9 nitrogen and oxygen atoms in total. The molecule has 94 valence electrons. The van der Waals surface area contributed by atoms with E-state index in [0.717, 1.165) is 0 Å². The third kappa shape index (κ3) is 1.47. The maximum atomic E-state index is 9.09. The summed E-state index contributed by atoms with van der Waals surface area (Å²) in [5, 5.41) is 16.1. The van der Waals surface area contributed by atoms with Crippen molar-refractivity contribution < 1.29 is 0 Å². The standard InChI is InChI=1S/C10H9N9/c1-13-8-5(2-11)7(12)19(18-8)10-6-9(15-3-14-6)16-4-17-10/h3-4H,12H2,1H3,(H,13,18)(H,14,15,16,17). The molecule has 0 spiro atoms. The molecule has 0 fully saturated rings. The van der Waals surface area contributed by atoms with Crippen molar-refractivity contribution in [3.05, 3.63) is 18.2 Å². The smallest absolute Gasteiger partial charge is 0.185 e. The highest BCUT2D eigenvalue weighted by Gasteiger charge is 2.18. The summed E-state index contributed by atoms with van der Waals surface area (Å²) in [6.45, 7) is 0. The van der Waals surface area contributed by atoms with Crippen LogP contribution in [0.3, 0.4) is 0 Å². The number of nitrogens with zero attached hydrogens (tertiary/aromatic N) is 6. The number of imidazole rings is 1. The summed E-state index contributed by atoms with van der Waals surface area (Å²) >= 11 is 0. The molecule has 0 aliphatic heterocycles. The predicted octanol–water partition coefficient (Wildman–Crippen LogP) is 0.0342. The number of nitriles is 1. The van der Waals surface area contributed by atoms with E-state index < -0.39 is 0 Å². The zero-order valence-electron chi connectivity index (χ0n) is 9.92. The Hall–Kier alpha value is -3.15. The Bertz CT molecular complexity index is 791. The van der Waals surface area contributed by atoms with Crippen LogP contribution in [0.1, 0.15) is 5.56 Å². The van der Waals surface area contributed by atoms with Gasteiger partial charge in [-0.25, -0.2) is 15.0 Å². The Balaban J connectivity index is 2.31. The van der Waals surface area contributed by atoms with Crippen molar-refractivity contribution in [3.63, 3.8) is 0 Å². The fraction of sp³-hybridized carbons (Fsp3) is 0.100. The monoisotopic (exact) mass is 255 g/mol. The second kappa shape index (κ2) is 3.95. The maximum absolute atomic E-state index is 9.09. The van der Waals surface area contributed by atoms with Crippen molar-refractivity contribution in [2.75, 3.05) is 18.1 Å². The molecule has 0 aromatic carbocycles. The fourth-order valence-corrected chi connectivity index (χ4v) is 1.79. The molecule has 0 aliphatic rings. The van der Waals surface area contributed by atoms with Gasteiger partial charge >= 0.3 is 0 Å². The van der Waals surface area contributed by atoms with Gasteiger partial charge in [0.25, 0.3) is 0 Å². The third-order valence-electron chi connectivity index (χ3n) is 2.67. The molecule has 0 saturated carbocycles. The lowest BCUT2D eigenvalue weighted by atomic mass is 10.3. The minimum atomic E-state index is 0.210. The zero-order chi connectivity index (χ0) is 13.4. The molecule has 3 aromatic rings. The van der Waals surface area contributed by atoms with Gasteiger partial charge in [0.1, 0.15) is 29.3 Å². The molecule has 9 heteroatoms. The number of H-pyrrole nitrogens is 1. The van der Waals surface area contributed by atoms with E-state index in [2.05, 4.69) is 30.4 Å². The van der Waals surface area contributed by atoms with Gasteiger partial charge in [0.2, 0.25) is 0 Å². The summed E-state index contributed by atoms with van der Waals surface area (Å²) in [6.07, 6.45) is 2.87. The lowest BCUT2D eigenvalue weighted by Gasteiger charge is -2.02. The van der Waals surface area contributed by atoms with Gasteiger partial charge in [0.05, 0.1) is 6.33 Å². The highest BCUT2D eigenvalue weighted by molar-refractivity contribution is 5.79. The predicted molar refractivity (Wildman–Crippen MR) is 67.5 cm³/mol. The lowest BCUT2D eigenvalue weighted by molar-refractivity contribution is 0.860. The van der Waals surface area contributed by atoms with E-state index in [0.29, 0.717) is 22.8 Å². The molecule has 3 aromatic heterocycles. The first-order chi connectivity index (χ1) is 9.26. The quantitative estimate of drug-likeness (QED) is 0.588. The Morgan fingerprint density at radius 1 is 1.42 bits per heavy atom. The normalized spacial score (nSPS) is 10.5. The Kier molecular flexibility index (Phi) is 2.28. The topological polar surface area (TPSA) is 134 Å². The SMILES string of the molecule is CNc1nn(-c2ncnc3nc[nH]c23)c(N)c1C#N. The van der Waals surface area contributed by atoms with E-state index in [-0.39, 0.29) is 11.4 Å². The van der Waals surface area contributed by atoms with Crippen molar-refractivity contribution in [1.82, 2.24) is 29.7 Å². The molecule has 0 amide bonds. The number of anilines is 2. The van der Waals surface area contributed by atoms with Gasteiger partial charge in [0, 0.05) is 7.05 Å². The van der Waals surface area contributed by atoms with Gasteiger partial charge < -0.3 is 16.0 Å². The van der Waals surface area contributed by atoms with Crippen LogP contribution in [0.2, 0.25) is 0 Å². The highest BCUT2D eigenvalue weighted by atomic mass is 15.4. The summed E-state index contributed by atoms with van der Waals surface area (Å²) in [5.74, 6) is 1.05. The van der Waals surface area contributed by atoms with E-state index in [1.54, 1.807) is 7.05 Å². The number of hydrogen-bond donors (Lipinski definition) is 3. The average Bonchev–Trinajstić information content (AvgIpc) is 3.02. The molecule has 0 saturated heterocycles. The number of aromatic nitrogens is 6. The molecular formula is C10H9N9. The lowest BCUT2D eigenvalue weighted by Crippen LogP contribution is -2.06. The van der Waals surface area contributed by atoms with E-state index in [4.69, 9.17) is 11.0 Å². The van der Waals surface area contributed by atoms with Crippen LogP contribution < -0.4 is 11.1 Å². The van der Waals surface area contributed by atoms with Gasteiger partial charge in [-0.3, -0.25) is 0 Å². The van der Waals surface area contributed by atoms with Gasteiger partial charge in [-0.05, 0) is 0 Å². The van der Waals surface area contributed by atoms with Crippen molar-refractivity contribution in [2.24, 2.45) is 0 Å². The average molecular weight is 255 g/mol. The first kappa shape index (κ1) is 11.0. The van der Waals surface area contributed by atoms with Gasteiger partial charge in [0.15, 0.2) is 17.3 Å². The summed E-state index contributed by atoms with van der Waals surface area (Å²) in [4.78, 5) is 15.1. The van der Waals surface area contributed by atoms with Crippen molar-refractivity contribution >= 4 is 22.8 Å². The van der Waals surface area contributed by atoms with Crippen LogP contribution in [0.4, 0.5) is 11.6 Å². The zero-order valence-corrected chi connectivity index (χ0v) is 9.92. The Labute approximate surface area is 107 Å². The minimum absolute atomic E-state index is 0.210. The number of aromatic amines is 1. The second-order valence-electron chi connectivity index (χ2n) is 3.68. The van der Waals surface area contributed by atoms with Gasteiger partial charge in [-0.1, -0.05) is 0 Å². The van der Waals surface area contributed by atoms with E-state index in [1.807, 2.05) is 6.07 Å². The van der Waals surface area contributed by atoms with Crippen LogP contribution in [0.25, 0.3) is 17.0 Å². The van der Waals surface area contributed by atoms with Crippen molar-refractivity contribution in [1.29, 1.82) is 5.26 Å². The summed E-state index contributed by atoms with van der Waals surface area (Å²) in [7, 11) is 1.67. The molecule has 0 atom stereocenters. The maximum Gasteiger partial charge on any atom is 0.185 e. The first-order valence-corrected chi connectivity index (χ1v) is 5.37. The summed E-state index contributed by atoms with van der Waals surface area (Å²) < 4.78 is 1.38. The van der Waals surface area contributed by atoms with E-state index in [9.17, 15) is 0 Å². The van der Waals surface area contributed by atoms with Crippen molar-refractivity contribution in [3.8, 4) is 11.9 Å². The van der Waals surface area contributed by atoms with Crippen LogP contribution >= 0.6 is 0 Å². The number of fused-ring (bicyclic) bond motifs is 1. The summed E-state index contributed by atoms with van der Waals surface area (Å²) in [5.41, 5.74) is 7.30. The second-order valence-corrected chi connectivity index (χ2v) is 3.68. The molecule has 0 aliphatic carbocycles. The molecule has 4 N–H and O–H groups in total. The first-order valence-electron chi connectivity index (χ1n) is 5.37. The number of nitrogens with one attached hydrogen (secondary N) is 2. The minimum Gasteiger partial charge on any atom is -0.382 e. The van der Waals surface area contributed by atoms with Gasteiger partial charge in [-0.15, -0.1) is 5.10 Å². The number of rotatable bonds is 2. The highest BCUT2D eigenvalue weighted by Crippen LogP contribution is 2.24. The van der Waals surface area contributed by atoms with E-state index in [1.165, 1.54) is 17.3 Å². The Morgan fingerprint density at radius 3 is 2.95 bits per heavy atom. The number of nitrogen functional groups attached to an aromatic ring is 1. The summed E-state index contributed by atoms with van der Waals surface area (Å²) in [6, 6.07) is 2.01. The largest absolute Gasteiger partial charge is 0.382 e. The van der Waals surface area contributed by atoms with Crippen molar-refractivity contribution in [2.45, 2.75) is 0 Å². The van der Waals surface area contributed by atoms with Crippen LogP contribution in [-0.2, 0) is 0 Å². The molecule has 3 rings (SSSR count). The van der Waals surface area contributed by atoms with Crippen LogP contribution in [0, 0.1) is 11.3 Å². The molecular weight excluding hydrogens is 246 g/mol. The van der Waals surface area contributed by atoms with Crippen LogP contribution in [0.15, 0.2) is 12.7 Å².